The number of hydrogen-bond acceptors (Lipinski definition) is 5. The number of aromatic amines is 1. The lowest BCUT2D eigenvalue weighted by Crippen LogP contribution is -2.18. The van der Waals surface area contributed by atoms with Crippen molar-refractivity contribution in [3.8, 4) is 11.5 Å². The Morgan fingerprint density at radius 3 is 3.05 bits per heavy atom. The minimum absolute atomic E-state index is 0.0122. The molecule has 7 nitrogen and oxygen atoms in total. The predicted octanol–water partition coefficient (Wildman–Crippen LogP) is 1.46. The minimum Gasteiger partial charge on any atom is -0.463 e. The summed E-state index contributed by atoms with van der Waals surface area (Å²) in [4.78, 5) is 27.7. The second-order valence-electron chi connectivity index (χ2n) is 4.04. The van der Waals surface area contributed by atoms with E-state index in [4.69, 9.17) is 9.15 Å². The van der Waals surface area contributed by atoms with Crippen LogP contribution < -0.4 is 5.56 Å². The van der Waals surface area contributed by atoms with Gasteiger partial charge in [-0.15, -0.1) is 0 Å². The van der Waals surface area contributed by atoms with Gasteiger partial charge < -0.3 is 9.15 Å². The number of hydrogen-bond donors (Lipinski definition) is 1. The number of nitrogens with one attached hydrogen (secondary N) is 1. The number of aromatic nitrogens is 3. The van der Waals surface area contributed by atoms with Gasteiger partial charge in [-0.25, -0.2) is 14.3 Å². The summed E-state index contributed by atoms with van der Waals surface area (Å²) in [6.07, 6.45) is 1.53. The van der Waals surface area contributed by atoms with Gasteiger partial charge in [0.15, 0.2) is 17.1 Å². The van der Waals surface area contributed by atoms with E-state index >= 15 is 0 Å². The first-order valence-electron chi connectivity index (χ1n) is 6.03. The molecule has 20 heavy (non-hydrogen) atoms. The molecule has 0 aromatic carbocycles. The summed E-state index contributed by atoms with van der Waals surface area (Å²) in [5.74, 6) is -0.0413. The maximum absolute atomic E-state index is 11.9. The van der Waals surface area contributed by atoms with E-state index in [1.54, 1.807) is 25.1 Å². The number of carbonyl (C=O) groups excluding carboxylic acids is 1. The molecule has 0 aliphatic heterocycles. The first-order chi connectivity index (χ1) is 9.69. The van der Waals surface area contributed by atoms with Crippen molar-refractivity contribution in [2.45, 2.75) is 6.92 Å². The molecule has 0 amide bonds. The zero-order chi connectivity index (χ0) is 14.1. The molecule has 3 rings (SSSR count). The molecule has 0 saturated carbocycles. The van der Waals surface area contributed by atoms with Gasteiger partial charge in [0.25, 0.3) is 5.56 Å². The lowest BCUT2D eigenvalue weighted by Gasteiger charge is -2.00. The molecule has 3 aromatic heterocycles. The molecule has 0 atom stereocenters. The van der Waals surface area contributed by atoms with E-state index in [1.807, 2.05) is 0 Å². The second-order valence-corrected chi connectivity index (χ2v) is 4.04. The summed E-state index contributed by atoms with van der Waals surface area (Å²) in [5, 5.41) is 2.86. The highest BCUT2D eigenvalue weighted by atomic mass is 16.5. The van der Waals surface area contributed by atoms with Crippen molar-refractivity contribution in [2.75, 3.05) is 6.61 Å². The van der Waals surface area contributed by atoms with Gasteiger partial charge in [-0.05, 0) is 19.1 Å². The SMILES string of the molecule is CCOC(=O)c1cc(=O)n2[nH]c(-c3ccco3)cc2n1. The van der Waals surface area contributed by atoms with Crippen LogP contribution in [-0.4, -0.2) is 27.2 Å². The van der Waals surface area contributed by atoms with E-state index in [0.29, 0.717) is 17.1 Å². The van der Waals surface area contributed by atoms with Gasteiger partial charge in [0.1, 0.15) is 5.69 Å². The fraction of sp³-hybridized carbons (Fsp3) is 0.154. The Balaban J connectivity index is 2.12. The number of fused-ring (bicyclic) bond motifs is 1. The number of H-pyrrole nitrogens is 1. The van der Waals surface area contributed by atoms with Crippen molar-refractivity contribution in [1.82, 2.24) is 14.6 Å². The summed E-state index contributed by atoms with van der Waals surface area (Å²) in [6, 6.07) is 6.25. The molecule has 0 unspecified atom stereocenters. The fourth-order valence-corrected chi connectivity index (χ4v) is 1.86. The topological polar surface area (TPSA) is 89.6 Å². The van der Waals surface area contributed by atoms with Crippen LogP contribution in [0.2, 0.25) is 0 Å². The molecule has 3 aromatic rings. The Bertz CT molecular complexity index is 814. The van der Waals surface area contributed by atoms with Crippen LogP contribution in [0.5, 0.6) is 0 Å². The first-order valence-corrected chi connectivity index (χ1v) is 6.03. The van der Waals surface area contributed by atoms with Crippen LogP contribution in [0.15, 0.2) is 39.7 Å². The van der Waals surface area contributed by atoms with Gasteiger partial charge in [0.05, 0.1) is 12.9 Å². The van der Waals surface area contributed by atoms with Crippen LogP contribution in [0.3, 0.4) is 0 Å². The molecule has 0 radical (unpaired) electrons. The van der Waals surface area contributed by atoms with Gasteiger partial charge in [-0.2, -0.15) is 0 Å². The molecule has 3 heterocycles. The largest absolute Gasteiger partial charge is 0.463 e. The minimum atomic E-state index is -0.618. The van der Waals surface area contributed by atoms with Crippen LogP contribution in [0.4, 0.5) is 0 Å². The Labute approximate surface area is 112 Å². The molecule has 0 aliphatic carbocycles. The predicted molar refractivity (Wildman–Crippen MR) is 69.5 cm³/mol. The number of rotatable bonds is 3. The monoisotopic (exact) mass is 273 g/mol. The highest BCUT2D eigenvalue weighted by Crippen LogP contribution is 2.18. The summed E-state index contributed by atoms with van der Waals surface area (Å²) < 4.78 is 11.3. The quantitative estimate of drug-likeness (QED) is 0.730. The van der Waals surface area contributed by atoms with Gasteiger partial charge in [-0.3, -0.25) is 9.89 Å². The van der Waals surface area contributed by atoms with E-state index in [9.17, 15) is 9.59 Å². The van der Waals surface area contributed by atoms with Crippen molar-refractivity contribution in [3.05, 3.63) is 46.6 Å². The van der Waals surface area contributed by atoms with Crippen LogP contribution in [0.1, 0.15) is 17.4 Å². The normalized spacial score (nSPS) is 10.8. The molecule has 0 bridgehead atoms. The molecular weight excluding hydrogens is 262 g/mol. The van der Waals surface area contributed by atoms with Crippen LogP contribution in [-0.2, 0) is 4.74 Å². The van der Waals surface area contributed by atoms with Crippen molar-refractivity contribution >= 4 is 11.6 Å². The van der Waals surface area contributed by atoms with E-state index in [-0.39, 0.29) is 12.3 Å². The zero-order valence-electron chi connectivity index (χ0n) is 10.6. The third-order valence-electron chi connectivity index (χ3n) is 2.72. The lowest BCUT2D eigenvalue weighted by atomic mass is 10.3. The zero-order valence-corrected chi connectivity index (χ0v) is 10.6. The smallest absolute Gasteiger partial charge is 0.357 e. The summed E-state index contributed by atoms with van der Waals surface area (Å²) in [7, 11) is 0. The van der Waals surface area contributed by atoms with Crippen molar-refractivity contribution < 1.29 is 13.9 Å². The number of ether oxygens (including phenoxy) is 1. The van der Waals surface area contributed by atoms with Crippen molar-refractivity contribution in [1.29, 1.82) is 0 Å². The third-order valence-corrected chi connectivity index (χ3v) is 2.72. The number of esters is 1. The van der Waals surface area contributed by atoms with Crippen LogP contribution in [0, 0.1) is 0 Å². The highest BCUT2D eigenvalue weighted by molar-refractivity contribution is 5.87. The van der Waals surface area contributed by atoms with E-state index in [0.717, 1.165) is 6.07 Å². The summed E-state index contributed by atoms with van der Waals surface area (Å²) in [6.45, 7) is 1.92. The Morgan fingerprint density at radius 1 is 1.50 bits per heavy atom. The van der Waals surface area contributed by atoms with E-state index in [2.05, 4.69) is 10.1 Å². The first kappa shape index (κ1) is 12.2. The Hall–Kier alpha value is -2.83. The lowest BCUT2D eigenvalue weighted by molar-refractivity contribution is 0.0519. The maximum Gasteiger partial charge on any atom is 0.357 e. The van der Waals surface area contributed by atoms with Crippen molar-refractivity contribution in [3.63, 3.8) is 0 Å². The highest BCUT2D eigenvalue weighted by Gasteiger charge is 2.14. The molecule has 0 spiro atoms. The molecule has 0 aliphatic rings. The van der Waals surface area contributed by atoms with Gasteiger partial charge >= 0.3 is 5.97 Å². The average molecular weight is 273 g/mol. The third kappa shape index (κ3) is 1.99. The van der Waals surface area contributed by atoms with Crippen LogP contribution >= 0.6 is 0 Å². The fourth-order valence-electron chi connectivity index (χ4n) is 1.86. The molecule has 1 N–H and O–H groups in total. The number of carbonyl (C=O) groups is 1. The molecular formula is C13H11N3O4. The molecule has 0 fully saturated rings. The van der Waals surface area contributed by atoms with Crippen LogP contribution in [0.25, 0.3) is 17.1 Å². The molecule has 102 valence electrons. The Morgan fingerprint density at radius 2 is 2.35 bits per heavy atom. The molecule has 7 heteroatoms. The average Bonchev–Trinajstić information content (AvgIpc) is 3.07. The maximum atomic E-state index is 11.9. The van der Waals surface area contributed by atoms with Gasteiger partial charge in [0, 0.05) is 12.1 Å². The standard InChI is InChI=1S/C13H11N3O4/c1-2-19-13(18)9-7-12(17)16-11(14-9)6-8(15-16)10-4-3-5-20-10/h3-7,15H,2H2,1H3. The summed E-state index contributed by atoms with van der Waals surface area (Å²) in [5.41, 5.74) is 0.519. The van der Waals surface area contributed by atoms with E-state index < -0.39 is 11.5 Å². The Kier molecular flexibility index (Phi) is 2.86. The second kappa shape index (κ2) is 4.69. The van der Waals surface area contributed by atoms with Gasteiger partial charge in [0.2, 0.25) is 0 Å². The van der Waals surface area contributed by atoms with E-state index in [1.165, 1.54) is 10.8 Å². The van der Waals surface area contributed by atoms with Crippen molar-refractivity contribution in [2.24, 2.45) is 0 Å². The summed E-state index contributed by atoms with van der Waals surface area (Å²) >= 11 is 0. The number of furan rings is 1. The van der Waals surface area contributed by atoms with Gasteiger partial charge in [-0.1, -0.05) is 0 Å². The number of nitrogens with zero attached hydrogens (tertiary/aromatic N) is 2. The molecule has 0 saturated heterocycles.